The van der Waals surface area contributed by atoms with Gasteiger partial charge < -0.3 is 19.5 Å². The second-order valence-corrected chi connectivity index (χ2v) is 7.94. The molecule has 0 aliphatic rings. The van der Waals surface area contributed by atoms with Gasteiger partial charge in [-0.25, -0.2) is 10.2 Å². The number of hydrogen-bond donors (Lipinski definition) is 2. The van der Waals surface area contributed by atoms with Crippen LogP contribution in [0.2, 0.25) is 5.02 Å². The first kappa shape index (κ1) is 27.2. The zero-order valence-electron chi connectivity index (χ0n) is 20.3. The van der Waals surface area contributed by atoms with Gasteiger partial charge in [0.1, 0.15) is 5.75 Å². The lowest BCUT2D eigenvalue weighted by molar-refractivity contribution is -0.136. The summed E-state index contributed by atoms with van der Waals surface area (Å²) in [5.41, 5.74) is 3.34. The highest BCUT2D eigenvalue weighted by Gasteiger charge is 2.15. The SMILES string of the molecule is CCCOc1ccc(C(=O)Oc2ccc(/C=N\NC(=O)C(=O)Nc3ccccc3Cl)cc2OCC)cc1. The quantitative estimate of drug-likeness (QED) is 0.129. The van der Waals surface area contributed by atoms with Crippen LogP contribution in [0.1, 0.15) is 36.2 Å². The number of nitrogens with zero attached hydrogens (tertiary/aromatic N) is 1. The fourth-order valence-corrected chi connectivity index (χ4v) is 3.16. The minimum Gasteiger partial charge on any atom is -0.494 e. The Balaban J connectivity index is 1.62. The molecule has 0 bridgehead atoms. The molecule has 0 heterocycles. The van der Waals surface area contributed by atoms with Gasteiger partial charge >= 0.3 is 17.8 Å². The van der Waals surface area contributed by atoms with Crippen molar-refractivity contribution >= 4 is 41.3 Å². The molecule has 0 radical (unpaired) electrons. The highest BCUT2D eigenvalue weighted by Crippen LogP contribution is 2.29. The lowest BCUT2D eigenvalue weighted by atomic mass is 10.2. The number of benzene rings is 3. The second-order valence-electron chi connectivity index (χ2n) is 7.53. The third kappa shape index (κ3) is 8.08. The van der Waals surface area contributed by atoms with E-state index in [9.17, 15) is 14.4 Å². The first-order chi connectivity index (χ1) is 17.9. The molecule has 37 heavy (non-hydrogen) atoms. The largest absolute Gasteiger partial charge is 0.494 e. The van der Waals surface area contributed by atoms with Gasteiger partial charge in [0.25, 0.3) is 0 Å². The molecule has 0 aliphatic carbocycles. The van der Waals surface area contributed by atoms with E-state index >= 15 is 0 Å². The Labute approximate surface area is 219 Å². The number of carbonyl (C=O) groups excluding carboxylic acids is 3. The molecular formula is C27H26ClN3O6. The summed E-state index contributed by atoms with van der Waals surface area (Å²) >= 11 is 5.98. The van der Waals surface area contributed by atoms with Gasteiger partial charge in [-0.2, -0.15) is 5.10 Å². The third-order valence-electron chi connectivity index (χ3n) is 4.74. The molecule has 2 amide bonds. The number of hydrazone groups is 1. The fraction of sp³-hybridized carbons (Fsp3) is 0.185. The number of nitrogens with one attached hydrogen (secondary N) is 2. The van der Waals surface area contributed by atoms with Crippen molar-refractivity contribution in [2.45, 2.75) is 20.3 Å². The molecule has 0 aromatic heterocycles. The summed E-state index contributed by atoms with van der Waals surface area (Å²) in [5, 5.41) is 6.51. The molecule has 3 aromatic rings. The number of anilines is 1. The Bertz CT molecular complexity index is 1280. The molecule has 0 fully saturated rings. The molecule has 9 nitrogen and oxygen atoms in total. The smallest absolute Gasteiger partial charge is 0.343 e. The van der Waals surface area contributed by atoms with Gasteiger partial charge in [0.05, 0.1) is 35.7 Å². The van der Waals surface area contributed by atoms with Crippen LogP contribution in [0.15, 0.2) is 71.8 Å². The van der Waals surface area contributed by atoms with Crippen LogP contribution < -0.4 is 25.0 Å². The van der Waals surface area contributed by atoms with E-state index in [1.807, 2.05) is 6.92 Å². The average Bonchev–Trinajstić information content (AvgIpc) is 2.90. The summed E-state index contributed by atoms with van der Waals surface area (Å²) in [6.07, 6.45) is 2.21. The minimum atomic E-state index is -0.974. The standard InChI is InChI=1S/C27H26ClN3O6/c1-3-15-36-20-12-10-19(11-13-20)27(34)37-23-14-9-18(16-24(23)35-4-2)17-29-31-26(33)25(32)30-22-8-6-5-7-21(22)28/h5-14,16-17H,3-4,15H2,1-2H3,(H,30,32)(H,31,33)/b29-17-. The van der Waals surface area contributed by atoms with Crippen LogP contribution >= 0.6 is 11.6 Å². The van der Waals surface area contributed by atoms with E-state index < -0.39 is 17.8 Å². The summed E-state index contributed by atoms with van der Waals surface area (Å²) < 4.78 is 16.6. The van der Waals surface area contributed by atoms with Crippen molar-refractivity contribution in [2.24, 2.45) is 5.10 Å². The van der Waals surface area contributed by atoms with Crippen molar-refractivity contribution in [2.75, 3.05) is 18.5 Å². The fourth-order valence-electron chi connectivity index (χ4n) is 2.98. The number of carbonyl (C=O) groups is 3. The molecule has 0 atom stereocenters. The van der Waals surface area contributed by atoms with Crippen LogP contribution in [-0.2, 0) is 9.59 Å². The number of rotatable bonds is 10. The Hall–Kier alpha value is -4.37. The molecule has 192 valence electrons. The number of hydrogen-bond acceptors (Lipinski definition) is 7. The molecule has 0 saturated heterocycles. The van der Waals surface area contributed by atoms with E-state index in [0.29, 0.717) is 46.5 Å². The number of ether oxygens (including phenoxy) is 3. The van der Waals surface area contributed by atoms with E-state index in [-0.39, 0.29) is 5.75 Å². The maximum atomic E-state index is 12.6. The molecule has 3 rings (SSSR count). The van der Waals surface area contributed by atoms with Crippen LogP contribution in [-0.4, -0.2) is 37.2 Å². The number of esters is 1. The Morgan fingerprint density at radius 1 is 0.919 bits per heavy atom. The normalized spacial score (nSPS) is 10.6. The van der Waals surface area contributed by atoms with Crippen molar-refractivity contribution < 1.29 is 28.6 Å². The van der Waals surface area contributed by atoms with E-state index in [2.05, 4.69) is 15.8 Å². The van der Waals surface area contributed by atoms with Crippen molar-refractivity contribution in [3.8, 4) is 17.2 Å². The van der Waals surface area contributed by atoms with Crippen molar-refractivity contribution in [1.82, 2.24) is 5.43 Å². The number of amides is 2. The van der Waals surface area contributed by atoms with Gasteiger partial charge in [-0.05, 0) is 73.5 Å². The first-order valence-corrected chi connectivity index (χ1v) is 11.9. The van der Waals surface area contributed by atoms with Crippen LogP contribution in [0.5, 0.6) is 17.2 Å². The van der Waals surface area contributed by atoms with E-state index in [0.717, 1.165) is 6.42 Å². The zero-order chi connectivity index (χ0) is 26.6. The molecule has 0 aliphatic heterocycles. The highest BCUT2D eigenvalue weighted by atomic mass is 35.5. The molecule has 0 saturated carbocycles. The summed E-state index contributed by atoms with van der Waals surface area (Å²) in [5.74, 6) is -1.25. The lowest BCUT2D eigenvalue weighted by Gasteiger charge is -2.12. The summed E-state index contributed by atoms with van der Waals surface area (Å²) in [7, 11) is 0. The monoisotopic (exact) mass is 523 g/mol. The number of para-hydroxylation sites is 1. The predicted octanol–water partition coefficient (Wildman–Crippen LogP) is 4.84. The van der Waals surface area contributed by atoms with Gasteiger partial charge in [-0.1, -0.05) is 30.7 Å². The van der Waals surface area contributed by atoms with Gasteiger partial charge in [0.2, 0.25) is 0 Å². The summed E-state index contributed by atoms with van der Waals surface area (Å²) in [6, 6.07) is 17.9. The molecule has 0 spiro atoms. The summed E-state index contributed by atoms with van der Waals surface area (Å²) in [6.45, 7) is 4.72. The Morgan fingerprint density at radius 2 is 1.68 bits per heavy atom. The van der Waals surface area contributed by atoms with Crippen molar-refractivity contribution in [3.63, 3.8) is 0 Å². The molecule has 0 unspecified atom stereocenters. The minimum absolute atomic E-state index is 0.221. The predicted molar refractivity (Wildman–Crippen MR) is 141 cm³/mol. The summed E-state index contributed by atoms with van der Waals surface area (Å²) in [4.78, 5) is 36.7. The van der Waals surface area contributed by atoms with Gasteiger partial charge in [-0.15, -0.1) is 0 Å². The van der Waals surface area contributed by atoms with E-state index in [1.54, 1.807) is 73.7 Å². The maximum Gasteiger partial charge on any atom is 0.343 e. The van der Waals surface area contributed by atoms with Crippen LogP contribution in [0.3, 0.4) is 0 Å². The third-order valence-corrected chi connectivity index (χ3v) is 5.07. The lowest BCUT2D eigenvalue weighted by Crippen LogP contribution is -2.32. The second kappa shape index (κ2) is 13.6. The highest BCUT2D eigenvalue weighted by molar-refractivity contribution is 6.41. The molecule has 2 N–H and O–H groups in total. The topological polar surface area (TPSA) is 115 Å². The Morgan fingerprint density at radius 3 is 2.38 bits per heavy atom. The van der Waals surface area contributed by atoms with Gasteiger partial charge in [-0.3, -0.25) is 9.59 Å². The van der Waals surface area contributed by atoms with Gasteiger partial charge in [0, 0.05) is 0 Å². The van der Waals surface area contributed by atoms with Crippen LogP contribution in [0.4, 0.5) is 5.69 Å². The van der Waals surface area contributed by atoms with E-state index in [1.165, 1.54) is 6.21 Å². The zero-order valence-corrected chi connectivity index (χ0v) is 21.1. The van der Waals surface area contributed by atoms with Crippen molar-refractivity contribution in [3.05, 3.63) is 82.9 Å². The van der Waals surface area contributed by atoms with E-state index in [4.69, 9.17) is 25.8 Å². The molecule has 3 aromatic carbocycles. The molecule has 10 heteroatoms. The van der Waals surface area contributed by atoms with Crippen molar-refractivity contribution in [1.29, 1.82) is 0 Å². The Kier molecular flexibility index (Phi) is 10.0. The average molecular weight is 524 g/mol. The maximum absolute atomic E-state index is 12.6. The molecular weight excluding hydrogens is 498 g/mol. The first-order valence-electron chi connectivity index (χ1n) is 11.5. The van der Waals surface area contributed by atoms with Crippen LogP contribution in [0, 0.1) is 0 Å². The van der Waals surface area contributed by atoms with Crippen LogP contribution in [0.25, 0.3) is 0 Å². The van der Waals surface area contributed by atoms with Gasteiger partial charge in [0.15, 0.2) is 11.5 Å². The number of halogens is 1.